The summed E-state index contributed by atoms with van der Waals surface area (Å²) in [5, 5.41) is 121. The fourth-order valence-electron chi connectivity index (χ4n) is 14.0. The van der Waals surface area contributed by atoms with Crippen molar-refractivity contribution in [3.05, 3.63) is 0 Å². The topological polar surface area (TPSA) is 307 Å². The third-order valence-electron chi connectivity index (χ3n) is 20.4. The van der Waals surface area contributed by atoms with E-state index in [-0.39, 0.29) is 18.9 Å². The van der Waals surface area contributed by atoms with E-state index in [4.69, 9.17) is 28.4 Å². The molecule has 3 heterocycles. The molecule has 3 fully saturated rings. The quantitative estimate of drug-likeness (QED) is 0.0252. The Morgan fingerprint density at radius 3 is 0.916 bits per heavy atom. The van der Waals surface area contributed by atoms with E-state index in [1.54, 1.807) is 0 Å². The van der Waals surface area contributed by atoms with Crippen molar-refractivity contribution in [1.82, 2.24) is 5.32 Å². The molecule has 0 radical (unpaired) electrons. The summed E-state index contributed by atoms with van der Waals surface area (Å²) in [6, 6.07) is -0.883. The van der Waals surface area contributed by atoms with Crippen LogP contribution in [0.2, 0.25) is 0 Å². The van der Waals surface area contributed by atoms with E-state index in [0.29, 0.717) is 12.8 Å². The molecule has 95 heavy (non-hydrogen) atoms. The third-order valence-corrected chi connectivity index (χ3v) is 20.4. The first-order chi connectivity index (χ1) is 46.3. The maximum absolute atomic E-state index is 13.5. The first-order valence-electron chi connectivity index (χ1n) is 39.8. The number of unbranched alkanes of at least 4 members (excludes halogenated alkanes) is 48. The minimum atomic E-state index is -1.97. The van der Waals surface area contributed by atoms with Gasteiger partial charge in [0.25, 0.3) is 0 Å². The Labute approximate surface area is 576 Å². The number of carbonyl (C=O) groups is 1. The van der Waals surface area contributed by atoms with Crippen LogP contribution in [0.4, 0.5) is 0 Å². The summed E-state index contributed by atoms with van der Waals surface area (Å²) >= 11 is 0. The van der Waals surface area contributed by atoms with Gasteiger partial charge in [0.15, 0.2) is 18.9 Å². The highest BCUT2D eigenvalue weighted by molar-refractivity contribution is 5.76. The normalized spacial score (nSPS) is 27.1. The summed E-state index contributed by atoms with van der Waals surface area (Å²) in [6.45, 7) is 1.87. The molecule has 0 bridgehead atoms. The zero-order valence-corrected chi connectivity index (χ0v) is 60.2. The van der Waals surface area contributed by atoms with Gasteiger partial charge in [-0.3, -0.25) is 4.79 Å². The molecule has 0 saturated carbocycles. The molecule has 0 aromatic rings. The van der Waals surface area contributed by atoms with E-state index >= 15 is 0 Å². The molecule has 19 heteroatoms. The van der Waals surface area contributed by atoms with Crippen molar-refractivity contribution in [1.29, 1.82) is 0 Å². The Kier molecular flexibility index (Phi) is 54.0. The van der Waals surface area contributed by atoms with Crippen LogP contribution in [-0.4, -0.2) is 193 Å². The lowest BCUT2D eigenvalue weighted by Gasteiger charge is -2.48. The second-order valence-electron chi connectivity index (χ2n) is 28.9. The molecule has 564 valence electrons. The van der Waals surface area contributed by atoms with Gasteiger partial charge in [0.1, 0.15) is 73.2 Å². The van der Waals surface area contributed by atoms with Crippen molar-refractivity contribution >= 4 is 5.91 Å². The number of hydrogen-bond acceptors (Lipinski definition) is 18. The SMILES string of the molecule is CCCCCCCCCCCCCCCCCCCCCCCCCCCC(=O)NC(COC1OC(CO)C(OC2OC(CO)C(OC3OC(CO)C(O)C(O)C3O)C(O)C2O)C(O)C1O)C(O)CCCCCCCCCCCCCCCCCCCCCCCCCCC. The van der Waals surface area contributed by atoms with Crippen molar-refractivity contribution in [3.63, 3.8) is 0 Å². The molecule has 3 rings (SSSR count). The Bertz CT molecular complexity index is 1720. The molecule has 0 aliphatic carbocycles. The van der Waals surface area contributed by atoms with Gasteiger partial charge in [-0.15, -0.1) is 0 Å². The number of aliphatic hydroxyl groups is 11. The van der Waals surface area contributed by atoms with Crippen LogP contribution in [0, 0.1) is 0 Å². The van der Waals surface area contributed by atoms with Gasteiger partial charge < -0.3 is 89.9 Å². The lowest BCUT2D eigenvalue weighted by Crippen LogP contribution is -2.66. The summed E-state index contributed by atoms with van der Waals surface area (Å²) in [5.41, 5.74) is 0. The summed E-state index contributed by atoms with van der Waals surface area (Å²) in [5.74, 6) is -0.233. The predicted octanol–water partition coefficient (Wildman–Crippen LogP) is 12.6. The van der Waals surface area contributed by atoms with E-state index in [1.165, 1.54) is 270 Å². The second kappa shape index (κ2) is 58.3. The number of rotatable bonds is 64. The van der Waals surface area contributed by atoms with E-state index < -0.39 is 124 Å². The van der Waals surface area contributed by atoms with Gasteiger partial charge in [-0.1, -0.05) is 328 Å². The highest BCUT2D eigenvalue weighted by atomic mass is 16.8. The summed E-state index contributed by atoms with van der Waals surface area (Å²) in [4.78, 5) is 13.5. The molecule has 0 spiro atoms. The molecular formula is C76H147NO18. The van der Waals surface area contributed by atoms with Gasteiger partial charge >= 0.3 is 0 Å². The lowest BCUT2D eigenvalue weighted by molar-refractivity contribution is -0.379. The smallest absolute Gasteiger partial charge is 0.220 e. The van der Waals surface area contributed by atoms with Crippen molar-refractivity contribution in [2.24, 2.45) is 0 Å². The zero-order valence-electron chi connectivity index (χ0n) is 60.2. The molecule has 3 saturated heterocycles. The molecule has 12 N–H and O–H groups in total. The number of ether oxygens (including phenoxy) is 6. The van der Waals surface area contributed by atoms with Gasteiger partial charge in [-0.25, -0.2) is 0 Å². The Balaban J connectivity index is 1.38. The summed E-state index contributed by atoms with van der Waals surface area (Å²) in [7, 11) is 0. The van der Waals surface area contributed by atoms with Gasteiger partial charge in [0.05, 0.1) is 38.6 Å². The van der Waals surface area contributed by atoms with Crippen LogP contribution >= 0.6 is 0 Å². The Morgan fingerprint density at radius 2 is 0.600 bits per heavy atom. The molecule has 0 aromatic carbocycles. The molecule has 1 amide bonds. The largest absolute Gasteiger partial charge is 0.394 e. The fraction of sp³-hybridized carbons (Fsp3) is 0.987. The van der Waals surface area contributed by atoms with Crippen LogP contribution in [0.3, 0.4) is 0 Å². The molecular weight excluding hydrogens is 1210 g/mol. The maximum atomic E-state index is 13.5. The van der Waals surface area contributed by atoms with Crippen LogP contribution < -0.4 is 5.32 Å². The minimum Gasteiger partial charge on any atom is -0.394 e. The van der Waals surface area contributed by atoms with Crippen LogP contribution in [0.15, 0.2) is 0 Å². The van der Waals surface area contributed by atoms with E-state index in [1.807, 2.05) is 0 Å². The third kappa shape index (κ3) is 39.1. The number of carbonyl (C=O) groups excluding carboxylic acids is 1. The Morgan fingerprint density at radius 1 is 0.337 bits per heavy atom. The van der Waals surface area contributed by atoms with Crippen LogP contribution in [0.25, 0.3) is 0 Å². The summed E-state index contributed by atoms with van der Waals surface area (Å²) in [6.07, 6.45) is 39.0. The number of hydrogen-bond donors (Lipinski definition) is 12. The highest BCUT2D eigenvalue weighted by Gasteiger charge is 2.54. The molecule has 17 unspecified atom stereocenters. The van der Waals surface area contributed by atoms with Crippen molar-refractivity contribution < 1.29 is 89.4 Å². The van der Waals surface area contributed by atoms with Crippen molar-refractivity contribution in [3.8, 4) is 0 Å². The number of nitrogens with one attached hydrogen (secondary N) is 1. The number of amides is 1. The first kappa shape index (κ1) is 88.0. The van der Waals surface area contributed by atoms with Gasteiger partial charge in [0.2, 0.25) is 5.91 Å². The fourth-order valence-corrected chi connectivity index (χ4v) is 14.0. The number of aliphatic hydroxyl groups excluding tert-OH is 11. The average molecular weight is 1360 g/mol. The standard InChI is InChI=1S/C76H147NO18/c1-3-5-7-9-11-13-15-17-19-21-23-25-27-29-31-33-35-37-39-41-43-45-47-49-51-53-60(81)59(77-64(82)54-52-50-48-46-44-42-40-38-36-34-32-30-28-26-24-22-20-18-16-14-12-10-8-6-4-2)58-90-74-70(88)67(85)72(62(56-79)92-74)95-76-71(89)68(86)73(63(57-80)93-76)94-75-69(87)66(84)65(83)61(55-78)91-75/h59-63,65-76,78-81,83-89H,3-58H2,1-2H3,(H,77,82). The molecule has 17 atom stereocenters. The molecule has 3 aliphatic heterocycles. The first-order valence-corrected chi connectivity index (χ1v) is 39.8. The van der Waals surface area contributed by atoms with Crippen molar-refractivity contribution in [2.45, 2.75) is 452 Å². The molecule has 3 aliphatic rings. The molecule has 0 aromatic heterocycles. The van der Waals surface area contributed by atoms with Crippen molar-refractivity contribution in [2.75, 3.05) is 26.4 Å². The minimum absolute atomic E-state index is 0.233. The van der Waals surface area contributed by atoms with E-state index in [2.05, 4.69) is 19.2 Å². The van der Waals surface area contributed by atoms with E-state index in [9.17, 15) is 61.0 Å². The van der Waals surface area contributed by atoms with Gasteiger partial charge in [-0.2, -0.15) is 0 Å². The maximum Gasteiger partial charge on any atom is 0.220 e. The van der Waals surface area contributed by atoms with Crippen LogP contribution in [0.1, 0.15) is 348 Å². The monoisotopic (exact) mass is 1360 g/mol. The summed E-state index contributed by atoms with van der Waals surface area (Å²) < 4.78 is 34.5. The lowest BCUT2D eigenvalue weighted by atomic mass is 9.96. The van der Waals surface area contributed by atoms with Gasteiger partial charge in [0, 0.05) is 6.42 Å². The average Bonchev–Trinajstić information content (AvgIpc) is 0.787. The zero-order chi connectivity index (χ0) is 68.9. The van der Waals surface area contributed by atoms with Gasteiger partial charge in [-0.05, 0) is 12.8 Å². The van der Waals surface area contributed by atoms with E-state index in [0.717, 1.165) is 44.9 Å². The molecule has 19 nitrogen and oxygen atoms in total. The van der Waals surface area contributed by atoms with Crippen LogP contribution in [-0.2, 0) is 33.2 Å². The highest BCUT2D eigenvalue weighted by Crippen LogP contribution is 2.33. The van der Waals surface area contributed by atoms with Crippen LogP contribution in [0.5, 0.6) is 0 Å². The second-order valence-corrected chi connectivity index (χ2v) is 28.9. The Hall–Kier alpha value is -1.21. The predicted molar refractivity (Wildman–Crippen MR) is 374 cm³/mol.